The molecule has 2 aromatic carbocycles. The Balaban J connectivity index is 1.76. The Morgan fingerprint density at radius 2 is 1.77 bits per heavy atom. The molecule has 0 fully saturated rings. The number of rotatable bonds is 4. The second-order valence-corrected chi connectivity index (χ2v) is 8.61. The highest BCUT2D eigenvalue weighted by Crippen LogP contribution is 2.44. The first-order valence-electron chi connectivity index (χ1n) is 12.1. The Kier molecular flexibility index (Phi) is 7.64. The van der Waals surface area contributed by atoms with E-state index in [1.807, 2.05) is 0 Å². The lowest BCUT2D eigenvalue weighted by atomic mass is 9.93. The molecule has 5 rings (SSSR count). The van der Waals surface area contributed by atoms with Crippen LogP contribution in [0.4, 0.5) is 14.5 Å². The van der Waals surface area contributed by atoms with Gasteiger partial charge in [-0.15, -0.1) is 0 Å². The van der Waals surface area contributed by atoms with Crippen LogP contribution >= 0.6 is 0 Å². The van der Waals surface area contributed by atoms with Gasteiger partial charge in [-0.3, -0.25) is 4.79 Å². The maximum atomic E-state index is 14.6. The summed E-state index contributed by atoms with van der Waals surface area (Å²) < 4.78 is 52.0. The van der Waals surface area contributed by atoms with Gasteiger partial charge in [0.1, 0.15) is 23.7 Å². The fourth-order valence-corrected chi connectivity index (χ4v) is 4.43. The lowest BCUT2D eigenvalue weighted by Crippen LogP contribution is -2.29. The highest BCUT2D eigenvalue weighted by Gasteiger charge is 2.24. The molecule has 3 aliphatic rings. The molecule has 204 valence electrons. The molecule has 2 heterocycles. The summed E-state index contributed by atoms with van der Waals surface area (Å²) in [6.45, 7) is 5.90. The Hall–Kier alpha value is -4.19. The zero-order chi connectivity index (χ0) is 27.5. The van der Waals surface area contributed by atoms with Crippen LogP contribution in [0, 0.1) is 11.6 Å². The summed E-state index contributed by atoms with van der Waals surface area (Å²) in [6.07, 6.45) is 0. The van der Waals surface area contributed by atoms with E-state index in [2.05, 4.69) is 6.58 Å². The smallest absolute Gasteiger partial charge is 0.230 e. The van der Waals surface area contributed by atoms with Crippen LogP contribution < -0.4 is 15.1 Å². The van der Waals surface area contributed by atoms with E-state index >= 15 is 0 Å². The predicted octanol–water partition coefficient (Wildman–Crippen LogP) is 4.83. The molecule has 9 nitrogen and oxygen atoms in total. The molecule has 0 bridgehead atoms. The molecule has 0 saturated carbocycles. The SMILES string of the molecule is C=C(OOC)N1CCOCCOCCOc2ccc(-c3c4cc(F)c(=O)cc-4oc4cc(O)c(F)cc34)cc21. The average molecular weight is 542 g/mol. The van der Waals surface area contributed by atoms with Crippen LogP contribution in [0.3, 0.4) is 0 Å². The molecule has 2 aromatic rings. The fraction of sp³-hybridized carbons (Fsp3) is 0.250. The van der Waals surface area contributed by atoms with Crippen molar-refractivity contribution < 1.29 is 42.3 Å². The van der Waals surface area contributed by atoms with Crippen LogP contribution in [0.1, 0.15) is 0 Å². The van der Waals surface area contributed by atoms with Crippen molar-refractivity contribution in [3.63, 3.8) is 0 Å². The first-order chi connectivity index (χ1) is 18.9. The molecule has 0 atom stereocenters. The summed E-state index contributed by atoms with van der Waals surface area (Å²) in [5.74, 6) is -1.86. The van der Waals surface area contributed by atoms with Gasteiger partial charge in [-0.25, -0.2) is 8.78 Å². The lowest BCUT2D eigenvalue weighted by Gasteiger charge is -2.28. The minimum Gasteiger partial charge on any atom is -0.505 e. The number of hydrogen-bond acceptors (Lipinski definition) is 9. The monoisotopic (exact) mass is 541 g/mol. The maximum absolute atomic E-state index is 14.6. The predicted molar refractivity (Wildman–Crippen MR) is 138 cm³/mol. The second kappa shape index (κ2) is 11.3. The van der Waals surface area contributed by atoms with E-state index in [1.165, 1.54) is 7.11 Å². The van der Waals surface area contributed by atoms with E-state index in [4.69, 9.17) is 28.4 Å². The zero-order valence-corrected chi connectivity index (χ0v) is 21.0. The molecule has 1 N–H and O–H groups in total. The van der Waals surface area contributed by atoms with Gasteiger partial charge < -0.3 is 33.5 Å². The normalized spacial score (nSPS) is 14.8. The largest absolute Gasteiger partial charge is 0.505 e. The third-order valence-corrected chi connectivity index (χ3v) is 6.18. The van der Waals surface area contributed by atoms with Gasteiger partial charge >= 0.3 is 0 Å². The third-order valence-electron chi connectivity index (χ3n) is 6.18. The molecule has 0 aromatic heterocycles. The van der Waals surface area contributed by atoms with E-state index in [0.717, 1.165) is 24.3 Å². The molecule has 0 unspecified atom stereocenters. The molecular weight excluding hydrogens is 516 g/mol. The van der Waals surface area contributed by atoms with Gasteiger partial charge in [0.25, 0.3) is 0 Å². The quantitative estimate of drug-likeness (QED) is 0.169. The first-order valence-corrected chi connectivity index (χ1v) is 12.1. The Morgan fingerprint density at radius 3 is 2.56 bits per heavy atom. The van der Waals surface area contributed by atoms with Crippen molar-refractivity contribution in [3.05, 3.63) is 76.8 Å². The molecule has 39 heavy (non-hydrogen) atoms. The van der Waals surface area contributed by atoms with Crippen molar-refractivity contribution in [2.75, 3.05) is 51.6 Å². The van der Waals surface area contributed by atoms with Crippen LogP contribution in [-0.4, -0.2) is 51.8 Å². The number of benzene rings is 3. The Bertz CT molecular complexity index is 1550. The molecule has 2 aliphatic heterocycles. The fourth-order valence-electron chi connectivity index (χ4n) is 4.43. The summed E-state index contributed by atoms with van der Waals surface area (Å²) in [7, 11) is 1.35. The second-order valence-electron chi connectivity index (χ2n) is 8.61. The van der Waals surface area contributed by atoms with Crippen molar-refractivity contribution in [3.8, 4) is 33.9 Å². The summed E-state index contributed by atoms with van der Waals surface area (Å²) in [6, 6.07) is 9.40. The minimum atomic E-state index is -0.993. The summed E-state index contributed by atoms with van der Waals surface area (Å²) in [5.41, 5.74) is 0.840. The van der Waals surface area contributed by atoms with Gasteiger partial charge in [0.05, 0.1) is 39.2 Å². The molecule has 11 heteroatoms. The Morgan fingerprint density at radius 1 is 1.00 bits per heavy atom. The molecule has 0 amide bonds. The molecule has 1 aliphatic carbocycles. The van der Waals surface area contributed by atoms with Gasteiger partial charge in [0, 0.05) is 35.2 Å². The summed E-state index contributed by atoms with van der Waals surface area (Å²) in [5, 5.41) is 10.2. The number of halogens is 2. The van der Waals surface area contributed by atoms with Crippen molar-refractivity contribution in [1.29, 1.82) is 0 Å². The maximum Gasteiger partial charge on any atom is 0.230 e. The van der Waals surface area contributed by atoms with Crippen molar-refractivity contribution >= 4 is 16.7 Å². The van der Waals surface area contributed by atoms with Crippen LogP contribution in [0.25, 0.3) is 33.4 Å². The van der Waals surface area contributed by atoms with E-state index in [9.17, 15) is 18.7 Å². The molecule has 0 saturated heterocycles. The van der Waals surface area contributed by atoms with Gasteiger partial charge in [0.15, 0.2) is 17.4 Å². The zero-order valence-electron chi connectivity index (χ0n) is 21.0. The van der Waals surface area contributed by atoms with Crippen LogP contribution in [0.2, 0.25) is 0 Å². The van der Waals surface area contributed by atoms with Crippen molar-refractivity contribution in [2.24, 2.45) is 0 Å². The number of fused-ring (bicyclic) bond motifs is 3. The Labute approximate surface area is 221 Å². The van der Waals surface area contributed by atoms with Gasteiger partial charge in [-0.1, -0.05) is 6.07 Å². The van der Waals surface area contributed by atoms with Crippen LogP contribution in [0.15, 0.2) is 64.1 Å². The number of ether oxygens (including phenoxy) is 3. The third kappa shape index (κ3) is 5.37. The van der Waals surface area contributed by atoms with Gasteiger partial charge in [-0.2, -0.15) is 4.89 Å². The van der Waals surface area contributed by atoms with E-state index in [-0.39, 0.29) is 41.4 Å². The number of phenols is 1. The number of nitrogens with zero attached hydrogens (tertiary/aromatic N) is 1. The van der Waals surface area contributed by atoms with Gasteiger partial charge in [0.2, 0.25) is 11.3 Å². The van der Waals surface area contributed by atoms with Crippen LogP contribution in [-0.2, 0) is 19.2 Å². The van der Waals surface area contributed by atoms with Gasteiger partial charge in [-0.05, 0) is 36.4 Å². The highest BCUT2D eigenvalue weighted by atomic mass is 19.1. The average Bonchev–Trinajstić information content (AvgIpc) is 2.90. The number of phenolic OH excluding ortho intramolecular Hbond substituents is 1. The standard InChI is InChI=1S/C28H25F2NO8/c1-16(39-34-2)31-5-6-35-7-8-36-9-10-37-25-4-3-17(11-22(25)31)28-18-12-20(29)23(32)14-26(18)38-27-15-24(33)21(30)13-19(27)28/h3-4,11-15,32H,1,5-10H2,2H3. The number of hydrogen-bond donors (Lipinski definition) is 1. The molecular formula is C28H25F2NO8. The van der Waals surface area contributed by atoms with Crippen molar-refractivity contribution in [2.45, 2.75) is 0 Å². The van der Waals surface area contributed by atoms with E-state index in [1.54, 1.807) is 23.1 Å². The minimum absolute atomic E-state index is 0.0634. The number of anilines is 1. The molecule has 0 spiro atoms. The highest BCUT2D eigenvalue weighted by molar-refractivity contribution is 6.02. The summed E-state index contributed by atoms with van der Waals surface area (Å²) in [4.78, 5) is 23.8. The summed E-state index contributed by atoms with van der Waals surface area (Å²) >= 11 is 0. The topological polar surface area (TPSA) is 99.8 Å². The van der Waals surface area contributed by atoms with Crippen molar-refractivity contribution in [1.82, 2.24) is 0 Å². The molecule has 0 radical (unpaired) electrons. The van der Waals surface area contributed by atoms with E-state index in [0.29, 0.717) is 48.9 Å². The van der Waals surface area contributed by atoms with Crippen LogP contribution in [0.5, 0.6) is 11.5 Å². The number of aromatic hydroxyl groups is 1. The first kappa shape index (κ1) is 26.4. The lowest BCUT2D eigenvalue weighted by molar-refractivity contribution is -0.238. The van der Waals surface area contributed by atoms with E-state index < -0.39 is 22.8 Å².